The minimum Gasteiger partial charge on any atom is -0.203 e. The molecule has 0 spiro atoms. The molecule has 1 saturated carbocycles. The molecule has 234 valence electrons. The lowest BCUT2D eigenvalue weighted by Crippen LogP contribution is -2.17. The Balaban J connectivity index is 2.32. The zero-order valence-electron chi connectivity index (χ0n) is 21.5. The van der Waals surface area contributed by atoms with Crippen molar-refractivity contribution in [3.63, 3.8) is 0 Å². The third kappa shape index (κ3) is 4.88. The quantitative estimate of drug-likeness (QED) is 0.0947. The van der Waals surface area contributed by atoms with Crippen LogP contribution in [-0.2, 0) is 6.18 Å². The van der Waals surface area contributed by atoms with E-state index in [2.05, 4.69) is 9.97 Å². The van der Waals surface area contributed by atoms with Crippen molar-refractivity contribution in [2.45, 2.75) is 13.1 Å². The Bertz CT molecular complexity index is 2080. The molecule has 5 nitrogen and oxygen atoms in total. The highest BCUT2D eigenvalue weighted by Crippen LogP contribution is 2.57. The zero-order valence-corrected chi connectivity index (χ0v) is 21.5. The molecule has 0 radical (unpaired) electrons. The number of alkyl halides is 3. The highest BCUT2D eigenvalue weighted by atomic mass is 19.4. The Kier molecular flexibility index (Phi) is 8.14. The molecule has 1 aliphatic rings. The van der Waals surface area contributed by atoms with Crippen LogP contribution in [0.1, 0.15) is 27.9 Å². The second kappa shape index (κ2) is 11.3. The number of benzene rings is 2. The van der Waals surface area contributed by atoms with Crippen molar-refractivity contribution in [1.29, 1.82) is 15.8 Å². The summed E-state index contributed by atoms with van der Waals surface area (Å²) in [6.45, 7) is 0.537. The third-order valence-corrected chi connectivity index (χ3v) is 6.32. The molecular formula is C27H3F14N5. The first-order chi connectivity index (χ1) is 21.4. The molecule has 0 saturated heterocycles. The molecule has 1 aliphatic carbocycles. The van der Waals surface area contributed by atoms with Gasteiger partial charge in [-0.1, -0.05) is 0 Å². The van der Waals surface area contributed by atoms with Gasteiger partial charge in [0.2, 0.25) is 5.82 Å². The fourth-order valence-corrected chi connectivity index (χ4v) is 4.26. The molecule has 0 bridgehead atoms. The lowest BCUT2D eigenvalue weighted by molar-refractivity contribution is -0.143. The minimum atomic E-state index is -6.07. The molecule has 3 aromatic rings. The van der Waals surface area contributed by atoms with Crippen LogP contribution in [0.25, 0.3) is 16.7 Å². The van der Waals surface area contributed by atoms with E-state index in [0.29, 0.717) is 6.92 Å². The van der Waals surface area contributed by atoms with E-state index in [0.717, 1.165) is 18.2 Å². The molecule has 2 aromatic carbocycles. The van der Waals surface area contributed by atoms with Gasteiger partial charge in [0, 0.05) is 22.3 Å². The summed E-state index contributed by atoms with van der Waals surface area (Å²) in [5, 5.41) is 29.1. The van der Waals surface area contributed by atoms with Gasteiger partial charge < -0.3 is 0 Å². The van der Waals surface area contributed by atoms with E-state index < -0.39 is 132 Å². The van der Waals surface area contributed by atoms with Gasteiger partial charge in [0.25, 0.3) is 5.95 Å². The largest absolute Gasteiger partial charge is 0.422 e. The van der Waals surface area contributed by atoms with Crippen LogP contribution in [0.2, 0.25) is 0 Å². The van der Waals surface area contributed by atoms with Crippen molar-refractivity contribution in [1.82, 2.24) is 9.97 Å². The van der Waals surface area contributed by atoms with E-state index in [1.807, 2.05) is 0 Å². The van der Waals surface area contributed by atoms with Gasteiger partial charge in [0.15, 0.2) is 46.5 Å². The van der Waals surface area contributed by atoms with Crippen LogP contribution in [0, 0.1) is 105 Å². The Morgan fingerprint density at radius 3 is 1.26 bits per heavy atom. The average Bonchev–Trinajstić information content (AvgIpc) is 3.70. The molecule has 0 amide bonds. The fraction of sp³-hybridized carbons (Fsp3) is 0.0741. The molecule has 0 aliphatic heterocycles. The van der Waals surface area contributed by atoms with Gasteiger partial charge in [-0.05, 0) is 6.92 Å². The first-order valence-electron chi connectivity index (χ1n) is 11.5. The maximum atomic E-state index is 14.9. The van der Waals surface area contributed by atoms with Crippen molar-refractivity contribution in [3.8, 4) is 18.2 Å². The Morgan fingerprint density at radius 2 is 0.891 bits per heavy atom. The summed E-state index contributed by atoms with van der Waals surface area (Å²) in [6.07, 6.45) is -8.16. The lowest BCUT2D eigenvalue weighted by atomic mass is 9.98. The van der Waals surface area contributed by atoms with Crippen molar-refractivity contribution in [2.24, 2.45) is 0 Å². The number of aromatic nitrogens is 2. The van der Waals surface area contributed by atoms with Gasteiger partial charge in [-0.3, -0.25) is 0 Å². The van der Waals surface area contributed by atoms with Crippen LogP contribution >= 0.6 is 0 Å². The molecular weight excluding hydrogens is 660 g/mol. The lowest BCUT2D eigenvalue weighted by Gasteiger charge is -2.13. The van der Waals surface area contributed by atoms with E-state index in [1.54, 1.807) is 0 Å². The van der Waals surface area contributed by atoms with E-state index in [-0.39, 0.29) is 0 Å². The molecule has 1 aromatic heterocycles. The first kappa shape index (κ1) is 33.1. The van der Waals surface area contributed by atoms with Gasteiger partial charge in [-0.25, -0.2) is 35.1 Å². The van der Waals surface area contributed by atoms with Crippen LogP contribution in [0.3, 0.4) is 0 Å². The van der Waals surface area contributed by atoms with Gasteiger partial charge in [-0.2, -0.15) is 52.1 Å². The highest BCUT2D eigenvalue weighted by Gasteiger charge is 2.47. The summed E-state index contributed by atoms with van der Waals surface area (Å²) < 4.78 is 199. The fourth-order valence-electron chi connectivity index (χ4n) is 4.26. The second-order valence-corrected chi connectivity index (χ2v) is 8.79. The van der Waals surface area contributed by atoms with E-state index in [1.165, 1.54) is 0 Å². The summed E-state index contributed by atoms with van der Waals surface area (Å²) in [5.74, 6) is -25.6. The Labute approximate surface area is 244 Å². The van der Waals surface area contributed by atoms with E-state index >= 15 is 0 Å². The predicted octanol–water partition coefficient (Wildman–Crippen LogP) is 7.58. The van der Waals surface area contributed by atoms with Crippen LogP contribution in [0.5, 0.6) is 0 Å². The molecule has 0 unspecified atom stereocenters. The summed E-state index contributed by atoms with van der Waals surface area (Å²) in [5.41, 5.74) is -19.5. The third-order valence-electron chi connectivity index (χ3n) is 6.32. The maximum Gasteiger partial charge on any atom is 0.422 e. The second-order valence-electron chi connectivity index (χ2n) is 8.79. The van der Waals surface area contributed by atoms with Gasteiger partial charge >= 0.3 is 12.3 Å². The van der Waals surface area contributed by atoms with Crippen molar-refractivity contribution in [3.05, 3.63) is 109 Å². The number of hydrogen-bond donors (Lipinski definition) is 0. The molecule has 46 heavy (non-hydrogen) atoms. The smallest absolute Gasteiger partial charge is 0.203 e. The normalized spacial score (nSPS) is 16.0. The summed E-state index contributed by atoms with van der Waals surface area (Å²) in [7, 11) is 0. The van der Waals surface area contributed by atoms with Crippen LogP contribution < -0.4 is 0 Å². The van der Waals surface area contributed by atoms with Crippen LogP contribution in [0.15, 0.2) is 16.7 Å². The number of halogens is 14. The minimum absolute atomic E-state index is 0.537. The maximum absolute atomic E-state index is 14.9. The van der Waals surface area contributed by atoms with Crippen molar-refractivity contribution >= 4 is 16.7 Å². The first-order valence-corrected chi connectivity index (χ1v) is 11.5. The van der Waals surface area contributed by atoms with Gasteiger partial charge in [0.05, 0.1) is 27.8 Å². The van der Waals surface area contributed by atoms with E-state index in [9.17, 15) is 77.3 Å². The zero-order chi connectivity index (χ0) is 34.7. The molecule has 4 rings (SSSR count). The highest BCUT2D eigenvalue weighted by molar-refractivity contribution is 6.12. The van der Waals surface area contributed by atoms with Crippen molar-refractivity contribution < 1.29 is 61.5 Å². The summed E-state index contributed by atoms with van der Waals surface area (Å²) >= 11 is 0. The van der Waals surface area contributed by atoms with Crippen LogP contribution in [0.4, 0.5) is 61.5 Å². The molecule has 0 atom stereocenters. The monoisotopic (exact) mass is 663 g/mol. The predicted molar refractivity (Wildman–Crippen MR) is 122 cm³/mol. The topological polar surface area (TPSA) is 97.2 Å². The average molecular weight is 663 g/mol. The van der Waals surface area contributed by atoms with Gasteiger partial charge in [0.1, 0.15) is 29.5 Å². The summed E-state index contributed by atoms with van der Waals surface area (Å²) in [6, 6.07) is 2.92. The summed E-state index contributed by atoms with van der Waals surface area (Å²) in [4.78, 5) is 5.13. The Hall–Kier alpha value is -5.77. The molecule has 1 fully saturated rings. The number of nitriles is 3. The number of allylic oxidation sites excluding steroid dienone is 6. The molecule has 0 N–H and O–H groups in total. The van der Waals surface area contributed by atoms with Crippen molar-refractivity contribution in [2.75, 3.05) is 0 Å². The number of hydrogen-bond acceptors (Lipinski definition) is 5. The standard InChI is InChI=1S/C27H3F14N5/c1-5-15(28)17(30)12(18(31)16(5)29)6(2-42)9-10(11(9)8(4-44)24-23(36)25(37)46-26(38)45-24)7(3-43)13-19(32)21(34)14(27(39,40)41)22(35)20(13)33/h1H3/b9-6-,10-7?,11-8-. The van der Waals surface area contributed by atoms with Crippen LogP contribution in [-0.4, -0.2) is 9.97 Å². The van der Waals surface area contributed by atoms with Gasteiger partial charge in [-0.15, -0.1) is 0 Å². The molecule has 19 heteroatoms. The molecule has 1 heterocycles. The Morgan fingerprint density at radius 1 is 0.522 bits per heavy atom. The number of rotatable bonds is 3. The van der Waals surface area contributed by atoms with E-state index in [4.69, 9.17) is 0 Å². The SMILES string of the molecule is Cc1c(F)c(F)c(/C(C#N)=C2/C(=C(C#N)c3c(F)c(F)c(C(F)(F)F)c(F)c3F)/C2=C(/C#N)c2nc(F)nc(F)c2F)c(F)c1F. The number of nitrogens with zero attached hydrogens (tertiary/aromatic N) is 5.